The van der Waals surface area contributed by atoms with Crippen molar-refractivity contribution in [2.24, 2.45) is 5.92 Å². The number of para-hydroxylation sites is 1. The Labute approximate surface area is 165 Å². The van der Waals surface area contributed by atoms with E-state index < -0.39 is 0 Å². The van der Waals surface area contributed by atoms with Crippen LogP contribution >= 0.6 is 0 Å². The molecule has 4 rings (SSSR count). The molecule has 1 N–H and O–H groups in total. The monoisotopic (exact) mass is 381 g/mol. The van der Waals surface area contributed by atoms with E-state index in [-0.39, 0.29) is 17.9 Å². The van der Waals surface area contributed by atoms with Crippen LogP contribution in [0, 0.1) is 5.92 Å². The summed E-state index contributed by atoms with van der Waals surface area (Å²) < 4.78 is 11.2. The number of rotatable bonds is 5. The summed E-state index contributed by atoms with van der Waals surface area (Å²) in [6, 6.07) is 10.2. The maximum absolute atomic E-state index is 12.8. The molecule has 1 amide bonds. The number of ether oxygens (including phenoxy) is 2. The number of carbonyl (C=O) groups is 1. The van der Waals surface area contributed by atoms with Gasteiger partial charge in [0.1, 0.15) is 6.61 Å². The van der Waals surface area contributed by atoms with Gasteiger partial charge >= 0.3 is 0 Å². The van der Waals surface area contributed by atoms with Crippen molar-refractivity contribution in [3.8, 4) is 11.5 Å². The Morgan fingerprint density at radius 3 is 2.89 bits per heavy atom. The zero-order valence-electron chi connectivity index (χ0n) is 16.3. The number of pyridine rings is 1. The van der Waals surface area contributed by atoms with Gasteiger partial charge in [-0.05, 0) is 42.5 Å². The summed E-state index contributed by atoms with van der Waals surface area (Å²) in [5, 5.41) is 3.24. The van der Waals surface area contributed by atoms with Crippen LogP contribution in [-0.4, -0.2) is 48.6 Å². The number of fused-ring (bicyclic) bond motifs is 1. The molecule has 1 aromatic heterocycles. The van der Waals surface area contributed by atoms with Crippen molar-refractivity contribution in [2.75, 3.05) is 26.8 Å². The fourth-order valence-electron chi connectivity index (χ4n) is 4.03. The number of nitrogens with one attached hydrogen (secondary N) is 1. The van der Waals surface area contributed by atoms with Crippen LogP contribution in [0.5, 0.6) is 11.5 Å². The van der Waals surface area contributed by atoms with Crippen LogP contribution in [0.4, 0.5) is 0 Å². The molecule has 2 aliphatic rings. The molecule has 148 valence electrons. The fourth-order valence-corrected chi connectivity index (χ4v) is 4.03. The topological polar surface area (TPSA) is 63.7 Å². The fraction of sp³-hybridized carbons (Fsp3) is 0.455. The quantitative estimate of drug-likeness (QED) is 0.862. The van der Waals surface area contributed by atoms with Gasteiger partial charge in [-0.2, -0.15) is 0 Å². The zero-order valence-corrected chi connectivity index (χ0v) is 16.3. The molecule has 28 heavy (non-hydrogen) atoms. The average Bonchev–Trinajstić information content (AvgIpc) is 2.75. The maximum Gasteiger partial charge on any atom is 0.227 e. The number of piperidine rings is 1. The minimum Gasteiger partial charge on any atom is -0.493 e. The highest BCUT2D eigenvalue weighted by atomic mass is 16.5. The van der Waals surface area contributed by atoms with Crippen molar-refractivity contribution < 1.29 is 14.3 Å². The van der Waals surface area contributed by atoms with E-state index in [2.05, 4.69) is 21.3 Å². The lowest BCUT2D eigenvalue weighted by atomic mass is 9.94. The third-order valence-corrected chi connectivity index (χ3v) is 5.61. The molecule has 0 aliphatic carbocycles. The standard InChI is InChI=1S/C22H27N3O3/c1-27-20-6-2-5-17-12-18(15-28-21(17)20)22(26)24-19-7-10-25(11-8-19)14-16-4-3-9-23-13-16/h2-6,9,13,18-19H,7-8,10-12,14-15H2,1H3,(H,24,26)/t18-/m0/s1. The van der Waals surface area contributed by atoms with E-state index in [1.165, 1.54) is 5.56 Å². The minimum atomic E-state index is -0.145. The van der Waals surface area contributed by atoms with Crippen LogP contribution in [-0.2, 0) is 17.8 Å². The summed E-state index contributed by atoms with van der Waals surface area (Å²) in [6.07, 6.45) is 6.37. The number of amides is 1. The predicted octanol–water partition coefficient (Wildman–Crippen LogP) is 2.42. The SMILES string of the molecule is COc1cccc2c1OC[C@@H](C(=O)NC1CCN(Cc3cccnc3)CC1)C2. The van der Waals surface area contributed by atoms with E-state index in [0.29, 0.717) is 13.0 Å². The van der Waals surface area contributed by atoms with Gasteiger partial charge in [-0.15, -0.1) is 0 Å². The van der Waals surface area contributed by atoms with E-state index in [0.717, 1.165) is 49.5 Å². The van der Waals surface area contributed by atoms with Gasteiger partial charge in [-0.25, -0.2) is 0 Å². The molecule has 3 heterocycles. The lowest BCUT2D eigenvalue weighted by molar-refractivity contribution is -0.127. The highest BCUT2D eigenvalue weighted by Crippen LogP contribution is 2.36. The minimum absolute atomic E-state index is 0.0965. The Kier molecular flexibility index (Phi) is 5.76. The molecule has 1 saturated heterocycles. The molecule has 1 fully saturated rings. The Balaban J connectivity index is 1.27. The number of nitrogens with zero attached hydrogens (tertiary/aromatic N) is 2. The van der Waals surface area contributed by atoms with Crippen molar-refractivity contribution in [2.45, 2.75) is 31.8 Å². The van der Waals surface area contributed by atoms with E-state index in [1.807, 2.05) is 30.5 Å². The smallest absolute Gasteiger partial charge is 0.227 e. The highest BCUT2D eigenvalue weighted by Gasteiger charge is 2.30. The number of aromatic nitrogens is 1. The van der Waals surface area contributed by atoms with Crippen LogP contribution in [0.25, 0.3) is 0 Å². The van der Waals surface area contributed by atoms with Gasteiger partial charge in [-0.3, -0.25) is 14.7 Å². The Morgan fingerprint density at radius 2 is 2.14 bits per heavy atom. The van der Waals surface area contributed by atoms with Crippen LogP contribution in [0.1, 0.15) is 24.0 Å². The largest absolute Gasteiger partial charge is 0.493 e. The molecule has 1 atom stereocenters. The first-order valence-electron chi connectivity index (χ1n) is 9.93. The van der Waals surface area contributed by atoms with Gasteiger partial charge in [0.25, 0.3) is 0 Å². The maximum atomic E-state index is 12.8. The molecule has 0 bridgehead atoms. The molecular formula is C22H27N3O3. The van der Waals surface area contributed by atoms with Crippen LogP contribution < -0.4 is 14.8 Å². The first kappa shape index (κ1) is 18.7. The number of benzene rings is 1. The van der Waals surface area contributed by atoms with Crippen molar-refractivity contribution in [1.29, 1.82) is 0 Å². The zero-order chi connectivity index (χ0) is 19.3. The molecule has 0 unspecified atom stereocenters. The van der Waals surface area contributed by atoms with Gasteiger partial charge in [0.15, 0.2) is 11.5 Å². The number of likely N-dealkylation sites (tertiary alicyclic amines) is 1. The molecule has 6 nitrogen and oxygen atoms in total. The van der Waals surface area contributed by atoms with E-state index >= 15 is 0 Å². The Morgan fingerprint density at radius 1 is 1.29 bits per heavy atom. The number of carbonyl (C=O) groups excluding carboxylic acids is 1. The molecule has 2 aliphatic heterocycles. The second-order valence-electron chi connectivity index (χ2n) is 7.58. The van der Waals surface area contributed by atoms with Crippen molar-refractivity contribution in [1.82, 2.24) is 15.2 Å². The molecule has 6 heteroatoms. The molecule has 0 saturated carbocycles. The third-order valence-electron chi connectivity index (χ3n) is 5.61. The van der Waals surface area contributed by atoms with Gasteiger partial charge in [0.2, 0.25) is 5.91 Å². The summed E-state index contributed by atoms with van der Waals surface area (Å²) in [5.41, 5.74) is 2.27. The summed E-state index contributed by atoms with van der Waals surface area (Å²) in [5.74, 6) is 1.46. The van der Waals surface area contributed by atoms with Crippen molar-refractivity contribution >= 4 is 5.91 Å². The van der Waals surface area contributed by atoms with Gasteiger partial charge < -0.3 is 14.8 Å². The highest BCUT2D eigenvalue weighted by molar-refractivity contribution is 5.80. The number of methoxy groups -OCH3 is 1. The van der Waals surface area contributed by atoms with Gasteiger partial charge in [-0.1, -0.05) is 18.2 Å². The predicted molar refractivity (Wildman–Crippen MR) is 106 cm³/mol. The molecule has 0 radical (unpaired) electrons. The number of hydrogen-bond acceptors (Lipinski definition) is 5. The first-order valence-corrected chi connectivity index (χ1v) is 9.93. The van der Waals surface area contributed by atoms with E-state index in [1.54, 1.807) is 13.3 Å². The van der Waals surface area contributed by atoms with Gasteiger partial charge in [0.05, 0.1) is 13.0 Å². The third kappa shape index (κ3) is 4.28. The first-order chi connectivity index (χ1) is 13.7. The lowest BCUT2D eigenvalue weighted by Gasteiger charge is -2.33. The molecule has 0 spiro atoms. The molecule has 2 aromatic rings. The average molecular weight is 381 g/mol. The second-order valence-corrected chi connectivity index (χ2v) is 7.58. The Bertz CT molecular complexity index is 804. The van der Waals surface area contributed by atoms with Gasteiger partial charge in [0, 0.05) is 38.1 Å². The normalized spacial score (nSPS) is 20.1. The molecule has 1 aromatic carbocycles. The summed E-state index contributed by atoms with van der Waals surface area (Å²) in [7, 11) is 1.64. The van der Waals surface area contributed by atoms with Crippen LogP contribution in [0.15, 0.2) is 42.7 Å². The Hall–Kier alpha value is -2.60. The lowest BCUT2D eigenvalue weighted by Crippen LogP contribution is -2.47. The summed E-state index contributed by atoms with van der Waals surface area (Å²) in [6.45, 7) is 3.30. The van der Waals surface area contributed by atoms with Crippen molar-refractivity contribution in [3.63, 3.8) is 0 Å². The number of hydrogen-bond donors (Lipinski definition) is 1. The summed E-state index contributed by atoms with van der Waals surface area (Å²) in [4.78, 5) is 19.4. The molecular weight excluding hydrogens is 354 g/mol. The van der Waals surface area contributed by atoms with Crippen molar-refractivity contribution in [3.05, 3.63) is 53.9 Å². The summed E-state index contributed by atoms with van der Waals surface area (Å²) >= 11 is 0. The van der Waals surface area contributed by atoms with Crippen LogP contribution in [0.2, 0.25) is 0 Å². The second kappa shape index (κ2) is 8.61. The van der Waals surface area contributed by atoms with Crippen LogP contribution in [0.3, 0.4) is 0 Å². The van der Waals surface area contributed by atoms with E-state index in [9.17, 15) is 4.79 Å². The van der Waals surface area contributed by atoms with E-state index in [4.69, 9.17) is 9.47 Å².